The first-order chi connectivity index (χ1) is 8.61. The van der Waals surface area contributed by atoms with Crippen LogP contribution >= 0.6 is 0 Å². The molecule has 0 saturated heterocycles. The zero-order valence-electron chi connectivity index (χ0n) is 11.8. The molecule has 0 bridgehead atoms. The molecule has 1 unspecified atom stereocenters. The van der Waals surface area contributed by atoms with Gasteiger partial charge in [-0.3, -0.25) is 0 Å². The highest BCUT2D eigenvalue weighted by Gasteiger charge is 2.29. The molecule has 1 aliphatic rings. The van der Waals surface area contributed by atoms with Crippen molar-refractivity contribution in [2.45, 2.75) is 46.1 Å². The van der Waals surface area contributed by atoms with Crippen LogP contribution in [0.25, 0.3) is 0 Å². The Morgan fingerprint density at radius 2 is 2.11 bits per heavy atom. The molecule has 2 nitrogen and oxygen atoms in total. The molecule has 1 aromatic carbocycles. The molecule has 1 heterocycles. The van der Waals surface area contributed by atoms with E-state index in [2.05, 4.69) is 50.4 Å². The van der Waals surface area contributed by atoms with E-state index in [0.717, 1.165) is 31.7 Å². The van der Waals surface area contributed by atoms with Gasteiger partial charge >= 0.3 is 0 Å². The van der Waals surface area contributed by atoms with Crippen molar-refractivity contribution in [2.75, 3.05) is 13.1 Å². The monoisotopic (exact) mass is 247 g/mol. The Hall–Kier alpha value is -1.02. The maximum atomic E-state index is 6.02. The summed E-state index contributed by atoms with van der Waals surface area (Å²) in [5.74, 6) is 1.08. The average Bonchev–Trinajstić information content (AvgIpc) is 2.70. The molecule has 100 valence electrons. The van der Waals surface area contributed by atoms with Gasteiger partial charge in [-0.2, -0.15) is 0 Å². The normalized spacial score (nSPS) is 18.5. The van der Waals surface area contributed by atoms with Gasteiger partial charge in [-0.15, -0.1) is 0 Å². The zero-order chi connectivity index (χ0) is 13.0. The Morgan fingerprint density at radius 3 is 2.83 bits per heavy atom. The summed E-state index contributed by atoms with van der Waals surface area (Å²) in [7, 11) is 0. The Bertz CT molecular complexity index is 361. The van der Waals surface area contributed by atoms with E-state index < -0.39 is 0 Å². The molecule has 0 aliphatic carbocycles. The third-order valence-electron chi connectivity index (χ3n) is 3.52. The molecule has 0 aromatic heterocycles. The minimum Gasteiger partial charge on any atom is -0.490 e. The number of para-hydroxylation sites is 1. The average molecular weight is 247 g/mol. The maximum absolute atomic E-state index is 6.02. The first-order valence-electron chi connectivity index (χ1n) is 7.06. The highest BCUT2D eigenvalue weighted by atomic mass is 16.5. The third kappa shape index (κ3) is 3.49. The van der Waals surface area contributed by atoms with Gasteiger partial charge in [0.15, 0.2) is 0 Å². The van der Waals surface area contributed by atoms with Gasteiger partial charge in [0.1, 0.15) is 11.9 Å². The number of nitrogens with one attached hydrogen (secondary N) is 1. The molecule has 1 N–H and O–H groups in total. The fourth-order valence-electron chi connectivity index (χ4n) is 2.66. The quantitative estimate of drug-likeness (QED) is 0.778. The summed E-state index contributed by atoms with van der Waals surface area (Å²) in [5, 5.41) is 3.51. The maximum Gasteiger partial charge on any atom is 0.123 e. The molecule has 2 heteroatoms. The molecule has 0 saturated carbocycles. The molecule has 0 radical (unpaired) electrons. The SMILES string of the molecule is CCCNCC(C)(C)CC1Cc2ccccc2O1. The molecular formula is C16H25NO. The van der Waals surface area contributed by atoms with Gasteiger partial charge in [0.05, 0.1) is 0 Å². The smallest absolute Gasteiger partial charge is 0.123 e. The van der Waals surface area contributed by atoms with Crippen LogP contribution in [0.4, 0.5) is 0 Å². The summed E-state index contributed by atoms with van der Waals surface area (Å²) in [6, 6.07) is 8.41. The summed E-state index contributed by atoms with van der Waals surface area (Å²) in [4.78, 5) is 0. The Kier molecular flexibility index (Phi) is 4.28. The van der Waals surface area contributed by atoms with Crippen LogP contribution in [-0.2, 0) is 6.42 Å². The summed E-state index contributed by atoms with van der Waals surface area (Å²) in [5.41, 5.74) is 1.65. The van der Waals surface area contributed by atoms with Crippen LogP contribution in [-0.4, -0.2) is 19.2 Å². The van der Waals surface area contributed by atoms with Crippen molar-refractivity contribution in [1.82, 2.24) is 5.32 Å². The second-order valence-electron chi connectivity index (χ2n) is 6.10. The molecule has 1 atom stereocenters. The number of rotatable bonds is 6. The van der Waals surface area contributed by atoms with E-state index in [1.807, 2.05) is 0 Å². The summed E-state index contributed by atoms with van der Waals surface area (Å²) in [6.07, 6.45) is 3.72. The topological polar surface area (TPSA) is 21.3 Å². The van der Waals surface area contributed by atoms with Gasteiger partial charge in [0, 0.05) is 13.0 Å². The lowest BCUT2D eigenvalue weighted by Crippen LogP contribution is -2.34. The summed E-state index contributed by atoms with van der Waals surface area (Å²) in [6.45, 7) is 9.02. The largest absolute Gasteiger partial charge is 0.490 e. The fourth-order valence-corrected chi connectivity index (χ4v) is 2.66. The van der Waals surface area contributed by atoms with Crippen LogP contribution in [0, 0.1) is 5.41 Å². The van der Waals surface area contributed by atoms with Gasteiger partial charge in [0.2, 0.25) is 0 Å². The lowest BCUT2D eigenvalue weighted by molar-refractivity contribution is 0.155. The highest BCUT2D eigenvalue weighted by Crippen LogP contribution is 2.33. The van der Waals surface area contributed by atoms with Crippen molar-refractivity contribution in [1.29, 1.82) is 0 Å². The second kappa shape index (κ2) is 5.75. The van der Waals surface area contributed by atoms with E-state index in [9.17, 15) is 0 Å². The Labute approximate surface area is 111 Å². The predicted molar refractivity (Wildman–Crippen MR) is 76.1 cm³/mol. The Balaban J connectivity index is 1.85. The van der Waals surface area contributed by atoms with Crippen LogP contribution in [0.3, 0.4) is 0 Å². The number of benzene rings is 1. The van der Waals surface area contributed by atoms with E-state index in [1.165, 1.54) is 12.0 Å². The standard InChI is InChI=1S/C16H25NO/c1-4-9-17-12-16(2,3)11-14-10-13-7-5-6-8-15(13)18-14/h5-8,14,17H,4,9-12H2,1-3H3. The van der Waals surface area contributed by atoms with E-state index in [1.54, 1.807) is 0 Å². The molecule has 2 rings (SSSR count). The van der Waals surface area contributed by atoms with E-state index in [0.29, 0.717) is 11.5 Å². The van der Waals surface area contributed by atoms with Crippen molar-refractivity contribution < 1.29 is 4.74 Å². The number of ether oxygens (including phenoxy) is 1. The van der Waals surface area contributed by atoms with Crippen LogP contribution in [0.2, 0.25) is 0 Å². The van der Waals surface area contributed by atoms with Crippen molar-refractivity contribution in [3.8, 4) is 5.75 Å². The van der Waals surface area contributed by atoms with Crippen LogP contribution in [0.5, 0.6) is 5.75 Å². The summed E-state index contributed by atoms with van der Waals surface area (Å²) >= 11 is 0. The first kappa shape index (κ1) is 13.4. The van der Waals surface area contributed by atoms with E-state index in [-0.39, 0.29) is 0 Å². The number of fused-ring (bicyclic) bond motifs is 1. The minimum atomic E-state index is 0.294. The third-order valence-corrected chi connectivity index (χ3v) is 3.52. The van der Waals surface area contributed by atoms with Gasteiger partial charge in [0.25, 0.3) is 0 Å². The first-order valence-corrected chi connectivity index (χ1v) is 7.06. The predicted octanol–water partition coefficient (Wildman–Crippen LogP) is 3.41. The second-order valence-corrected chi connectivity index (χ2v) is 6.10. The van der Waals surface area contributed by atoms with Crippen molar-refractivity contribution in [2.24, 2.45) is 5.41 Å². The van der Waals surface area contributed by atoms with Crippen molar-refractivity contribution >= 4 is 0 Å². The number of hydrogen-bond acceptors (Lipinski definition) is 2. The van der Waals surface area contributed by atoms with Gasteiger partial charge < -0.3 is 10.1 Å². The molecule has 0 amide bonds. The van der Waals surface area contributed by atoms with Crippen LogP contribution in [0.1, 0.15) is 39.2 Å². The molecule has 1 aliphatic heterocycles. The lowest BCUT2D eigenvalue weighted by Gasteiger charge is -2.28. The van der Waals surface area contributed by atoms with E-state index in [4.69, 9.17) is 4.74 Å². The molecular weight excluding hydrogens is 222 g/mol. The highest BCUT2D eigenvalue weighted by molar-refractivity contribution is 5.37. The fraction of sp³-hybridized carbons (Fsp3) is 0.625. The molecule has 18 heavy (non-hydrogen) atoms. The van der Waals surface area contributed by atoms with Crippen molar-refractivity contribution in [3.63, 3.8) is 0 Å². The molecule has 0 fully saturated rings. The zero-order valence-corrected chi connectivity index (χ0v) is 11.8. The Morgan fingerprint density at radius 1 is 1.33 bits per heavy atom. The lowest BCUT2D eigenvalue weighted by atomic mass is 9.85. The van der Waals surface area contributed by atoms with Crippen molar-refractivity contribution in [3.05, 3.63) is 29.8 Å². The molecule has 1 aromatic rings. The van der Waals surface area contributed by atoms with E-state index >= 15 is 0 Å². The number of hydrogen-bond donors (Lipinski definition) is 1. The minimum absolute atomic E-state index is 0.294. The van der Waals surface area contributed by atoms with Gasteiger partial charge in [-0.05, 0) is 36.4 Å². The summed E-state index contributed by atoms with van der Waals surface area (Å²) < 4.78 is 6.02. The van der Waals surface area contributed by atoms with Crippen LogP contribution in [0.15, 0.2) is 24.3 Å². The van der Waals surface area contributed by atoms with Gasteiger partial charge in [-0.25, -0.2) is 0 Å². The van der Waals surface area contributed by atoms with Crippen LogP contribution < -0.4 is 10.1 Å². The molecule has 0 spiro atoms. The van der Waals surface area contributed by atoms with Gasteiger partial charge in [-0.1, -0.05) is 39.0 Å².